The topological polar surface area (TPSA) is 78.5 Å². The van der Waals surface area contributed by atoms with E-state index in [-0.39, 0.29) is 6.54 Å². The number of carbonyl (C=O) groups is 1. The lowest BCUT2D eigenvalue weighted by atomic mass is 10.2. The molecule has 1 rings (SSSR count). The van der Waals surface area contributed by atoms with Crippen LogP contribution in [-0.4, -0.2) is 39.3 Å². The SMILES string of the molecule is Cc1ccccc1NC(=O)CNS(=O)(=O)N(C)C. The van der Waals surface area contributed by atoms with E-state index in [0.29, 0.717) is 5.69 Å². The average Bonchev–Trinajstić information content (AvgIpc) is 2.29. The Hall–Kier alpha value is -1.44. The van der Waals surface area contributed by atoms with Gasteiger partial charge in [-0.2, -0.15) is 17.4 Å². The molecular formula is C11H17N3O3S. The third-order valence-corrected chi connectivity index (χ3v) is 3.79. The molecule has 0 saturated carbocycles. The van der Waals surface area contributed by atoms with E-state index in [2.05, 4.69) is 10.0 Å². The number of carbonyl (C=O) groups excluding carboxylic acids is 1. The van der Waals surface area contributed by atoms with Crippen molar-refractivity contribution in [3.63, 3.8) is 0 Å². The third kappa shape index (κ3) is 4.10. The summed E-state index contributed by atoms with van der Waals surface area (Å²) in [6, 6.07) is 7.28. The number of hydrogen-bond acceptors (Lipinski definition) is 3. The Morgan fingerprint density at radius 3 is 2.44 bits per heavy atom. The van der Waals surface area contributed by atoms with Gasteiger partial charge in [-0.3, -0.25) is 4.79 Å². The molecule has 1 amide bonds. The molecule has 0 aliphatic carbocycles. The first kappa shape index (κ1) is 14.6. The first-order valence-corrected chi connectivity index (χ1v) is 6.79. The molecule has 0 bridgehead atoms. The standard InChI is InChI=1S/C11H17N3O3S/c1-9-6-4-5-7-10(9)13-11(15)8-12-18(16,17)14(2)3/h4-7,12H,8H2,1-3H3,(H,13,15). The monoisotopic (exact) mass is 271 g/mol. The molecule has 0 heterocycles. The van der Waals surface area contributed by atoms with Crippen LogP contribution in [0.3, 0.4) is 0 Å². The molecule has 1 aromatic carbocycles. The molecule has 0 aliphatic rings. The van der Waals surface area contributed by atoms with Gasteiger partial charge >= 0.3 is 0 Å². The van der Waals surface area contributed by atoms with Crippen molar-refractivity contribution in [1.29, 1.82) is 0 Å². The van der Waals surface area contributed by atoms with Crippen LogP contribution in [0.1, 0.15) is 5.56 Å². The van der Waals surface area contributed by atoms with E-state index in [1.807, 2.05) is 19.1 Å². The highest BCUT2D eigenvalue weighted by Gasteiger charge is 2.14. The Labute approximate surface area is 107 Å². The van der Waals surface area contributed by atoms with Gasteiger partial charge in [-0.1, -0.05) is 18.2 Å². The summed E-state index contributed by atoms with van der Waals surface area (Å²) in [5.74, 6) is -0.408. The average molecular weight is 271 g/mol. The molecule has 0 aromatic heterocycles. The Morgan fingerprint density at radius 1 is 1.28 bits per heavy atom. The summed E-state index contributed by atoms with van der Waals surface area (Å²) in [7, 11) is -0.792. The third-order valence-electron chi connectivity index (χ3n) is 2.31. The first-order valence-electron chi connectivity index (χ1n) is 5.35. The van der Waals surface area contributed by atoms with E-state index in [9.17, 15) is 13.2 Å². The maximum absolute atomic E-state index is 11.6. The Kier molecular flexibility index (Phi) is 4.83. The van der Waals surface area contributed by atoms with Crippen molar-refractivity contribution in [1.82, 2.24) is 9.03 Å². The highest BCUT2D eigenvalue weighted by Crippen LogP contribution is 2.12. The van der Waals surface area contributed by atoms with Crippen molar-refractivity contribution in [2.45, 2.75) is 6.92 Å². The van der Waals surface area contributed by atoms with Gasteiger partial charge in [0.1, 0.15) is 0 Å². The molecule has 0 aliphatic heterocycles. The largest absolute Gasteiger partial charge is 0.325 e. The van der Waals surface area contributed by atoms with Crippen molar-refractivity contribution in [3.8, 4) is 0 Å². The van der Waals surface area contributed by atoms with Gasteiger partial charge in [0.05, 0.1) is 6.54 Å². The van der Waals surface area contributed by atoms with Crippen molar-refractivity contribution in [3.05, 3.63) is 29.8 Å². The molecule has 0 spiro atoms. The van der Waals surface area contributed by atoms with E-state index in [1.54, 1.807) is 12.1 Å². The van der Waals surface area contributed by atoms with Crippen LogP contribution in [0, 0.1) is 6.92 Å². The smallest absolute Gasteiger partial charge is 0.279 e. The molecule has 0 atom stereocenters. The van der Waals surface area contributed by atoms with Crippen molar-refractivity contribution < 1.29 is 13.2 Å². The Morgan fingerprint density at radius 2 is 1.89 bits per heavy atom. The second-order valence-corrected chi connectivity index (χ2v) is 5.94. The summed E-state index contributed by atoms with van der Waals surface area (Å²) in [6.45, 7) is 1.56. The summed E-state index contributed by atoms with van der Waals surface area (Å²) in [6.07, 6.45) is 0. The number of nitrogens with one attached hydrogen (secondary N) is 2. The summed E-state index contributed by atoms with van der Waals surface area (Å²) < 4.78 is 26.0. The lowest BCUT2D eigenvalue weighted by Gasteiger charge is -2.12. The van der Waals surface area contributed by atoms with Crippen molar-refractivity contribution >= 4 is 21.8 Å². The second kappa shape index (κ2) is 5.94. The molecule has 0 radical (unpaired) electrons. The maximum atomic E-state index is 11.6. The van der Waals surface area contributed by atoms with Gasteiger partial charge in [0, 0.05) is 19.8 Å². The fraction of sp³-hybridized carbons (Fsp3) is 0.364. The van der Waals surface area contributed by atoms with Crippen LogP contribution in [0.5, 0.6) is 0 Å². The second-order valence-electron chi connectivity index (χ2n) is 3.97. The van der Waals surface area contributed by atoms with Crippen LogP contribution in [0.15, 0.2) is 24.3 Å². The van der Waals surface area contributed by atoms with Crippen LogP contribution in [0.4, 0.5) is 5.69 Å². The number of hydrogen-bond donors (Lipinski definition) is 2. The van der Waals surface area contributed by atoms with Crippen LogP contribution < -0.4 is 10.0 Å². The van der Waals surface area contributed by atoms with E-state index in [0.717, 1.165) is 9.87 Å². The summed E-state index contributed by atoms with van der Waals surface area (Å²) in [5, 5.41) is 2.64. The van der Waals surface area contributed by atoms with E-state index in [4.69, 9.17) is 0 Å². The maximum Gasteiger partial charge on any atom is 0.279 e. The fourth-order valence-electron chi connectivity index (χ4n) is 1.19. The highest BCUT2D eigenvalue weighted by atomic mass is 32.2. The van der Waals surface area contributed by atoms with Gasteiger partial charge in [0.25, 0.3) is 10.2 Å². The summed E-state index contributed by atoms with van der Waals surface area (Å²) in [5.41, 5.74) is 1.59. The molecule has 100 valence electrons. The minimum Gasteiger partial charge on any atom is -0.325 e. The first-order chi connectivity index (χ1) is 8.33. The molecular weight excluding hydrogens is 254 g/mol. The number of aryl methyl sites for hydroxylation is 1. The Bertz CT molecular complexity index is 526. The number of benzene rings is 1. The van der Waals surface area contributed by atoms with Gasteiger partial charge in [0.15, 0.2) is 0 Å². The number of anilines is 1. The number of nitrogens with zero attached hydrogens (tertiary/aromatic N) is 1. The number of para-hydroxylation sites is 1. The van der Waals surface area contributed by atoms with Gasteiger partial charge < -0.3 is 5.32 Å². The summed E-state index contributed by atoms with van der Waals surface area (Å²) in [4.78, 5) is 11.6. The number of amides is 1. The molecule has 0 saturated heterocycles. The van der Waals surface area contributed by atoms with Gasteiger partial charge in [-0.05, 0) is 18.6 Å². The Balaban J connectivity index is 2.56. The number of rotatable bonds is 5. The van der Waals surface area contributed by atoms with Crippen LogP contribution >= 0.6 is 0 Å². The molecule has 7 heteroatoms. The van der Waals surface area contributed by atoms with Crippen molar-refractivity contribution in [2.24, 2.45) is 0 Å². The van der Waals surface area contributed by atoms with E-state index < -0.39 is 16.1 Å². The zero-order valence-corrected chi connectivity index (χ0v) is 11.4. The van der Waals surface area contributed by atoms with Crippen LogP contribution in [0.25, 0.3) is 0 Å². The highest BCUT2D eigenvalue weighted by molar-refractivity contribution is 7.87. The predicted octanol–water partition coefficient (Wildman–Crippen LogP) is 0.330. The molecule has 18 heavy (non-hydrogen) atoms. The molecule has 6 nitrogen and oxygen atoms in total. The minimum atomic E-state index is -3.57. The predicted molar refractivity (Wildman–Crippen MR) is 70.4 cm³/mol. The lowest BCUT2D eigenvalue weighted by molar-refractivity contribution is -0.115. The molecule has 0 fully saturated rings. The quantitative estimate of drug-likeness (QED) is 0.810. The van der Waals surface area contributed by atoms with Gasteiger partial charge in [0.2, 0.25) is 5.91 Å². The zero-order valence-electron chi connectivity index (χ0n) is 10.6. The summed E-state index contributed by atoms with van der Waals surface area (Å²) >= 11 is 0. The zero-order chi connectivity index (χ0) is 13.8. The van der Waals surface area contributed by atoms with E-state index in [1.165, 1.54) is 14.1 Å². The van der Waals surface area contributed by atoms with E-state index >= 15 is 0 Å². The lowest BCUT2D eigenvalue weighted by Crippen LogP contribution is -2.40. The van der Waals surface area contributed by atoms with Gasteiger partial charge in [-0.15, -0.1) is 0 Å². The van der Waals surface area contributed by atoms with Crippen molar-refractivity contribution in [2.75, 3.05) is 26.0 Å². The minimum absolute atomic E-state index is 0.297. The molecule has 2 N–H and O–H groups in total. The molecule has 1 aromatic rings. The van der Waals surface area contributed by atoms with Gasteiger partial charge in [-0.25, -0.2) is 0 Å². The molecule has 0 unspecified atom stereocenters. The normalized spacial score (nSPS) is 11.6. The van der Waals surface area contributed by atoms with Crippen LogP contribution in [-0.2, 0) is 15.0 Å². The van der Waals surface area contributed by atoms with Crippen LogP contribution in [0.2, 0.25) is 0 Å². The fourth-order valence-corrected chi connectivity index (χ4v) is 1.77.